The van der Waals surface area contributed by atoms with Crippen LogP contribution in [0.25, 0.3) is 22.2 Å². The molecule has 3 aliphatic rings. The van der Waals surface area contributed by atoms with Crippen LogP contribution in [-0.4, -0.2) is 32.3 Å². The van der Waals surface area contributed by atoms with Gasteiger partial charge in [0.25, 0.3) is 5.91 Å². The van der Waals surface area contributed by atoms with E-state index in [0.29, 0.717) is 28.9 Å². The molecule has 6 nitrogen and oxygen atoms in total. The van der Waals surface area contributed by atoms with E-state index in [1.165, 1.54) is 0 Å². The molecule has 172 valence electrons. The van der Waals surface area contributed by atoms with Crippen LogP contribution in [0.3, 0.4) is 0 Å². The third-order valence-corrected chi connectivity index (χ3v) is 7.98. The molecule has 2 bridgehead atoms. The molecule has 6 heteroatoms. The number of nitrogens with zero attached hydrogens (tertiary/aromatic N) is 4. The standard InChI is InChI=1S/C29H25N5O/c1-3-17-6-4-7-20-26(17)23-15-24(33(2)28(20)35)27-32-21-10-8-18(14-22(21)34(23)27)19-9-11-25(31-16-19)29(30)12-5-13-29/h1,4,6-11,14,16,23-24H,5,12-13,15,30H2,2H3/t23-,24-/m1/s1/i2D3. The van der Waals surface area contributed by atoms with Crippen molar-refractivity contribution in [3.05, 3.63) is 82.9 Å². The summed E-state index contributed by atoms with van der Waals surface area (Å²) < 4.78 is 26.6. The summed E-state index contributed by atoms with van der Waals surface area (Å²) in [5, 5.41) is 0. The largest absolute Gasteiger partial charge is 0.331 e. The summed E-state index contributed by atoms with van der Waals surface area (Å²) in [5.41, 5.74) is 12.2. The van der Waals surface area contributed by atoms with E-state index in [0.717, 1.165) is 52.0 Å². The summed E-state index contributed by atoms with van der Waals surface area (Å²) in [4.78, 5) is 24.1. The number of aromatic nitrogens is 3. The summed E-state index contributed by atoms with van der Waals surface area (Å²) in [5.74, 6) is 2.73. The fraction of sp³-hybridized carbons (Fsp3) is 0.276. The van der Waals surface area contributed by atoms with Crippen molar-refractivity contribution in [3.8, 4) is 23.5 Å². The summed E-state index contributed by atoms with van der Waals surface area (Å²) >= 11 is 0. The van der Waals surface area contributed by atoms with Crippen molar-refractivity contribution >= 4 is 16.9 Å². The third kappa shape index (κ3) is 2.73. The average molecular weight is 463 g/mol. The molecule has 1 fully saturated rings. The minimum atomic E-state index is -2.63. The van der Waals surface area contributed by atoms with Crippen LogP contribution in [0.1, 0.15) is 74.9 Å². The van der Waals surface area contributed by atoms with Crippen LogP contribution >= 0.6 is 0 Å². The molecule has 0 radical (unpaired) electrons. The van der Waals surface area contributed by atoms with Crippen LogP contribution in [0.4, 0.5) is 0 Å². The Morgan fingerprint density at radius 3 is 2.74 bits per heavy atom. The number of carbonyl (C=O) groups is 1. The number of pyridine rings is 1. The van der Waals surface area contributed by atoms with Crippen molar-refractivity contribution in [3.63, 3.8) is 0 Å². The van der Waals surface area contributed by atoms with E-state index in [9.17, 15) is 4.79 Å². The second-order valence-corrected chi connectivity index (χ2v) is 9.84. The summed E-state index contributed by atoms with van der Waals surface area (Å²) in [7, 11) is 0. The van der Waals surface area contributed by atoms with Gasteiger partial charge in [0.2, 0.25) is 0 Å². The molecule has 1 amide bonds. The highest BCUT2D eigenvalue weighted by atomic mass is 16.2. The van der Waals surface area contributed by atoms with Crippen LogP contribution in [0.5, 0.6) is 0 Å². The lowest BCUT2D eigenvalue weighted by Crippen LogP contribution is -2.43. The molecule has 1 saturated carbocycles. The molecule has 2 N–H and O–H groups in total. The van der Waals surface area contributed by atoms with Crippen molar-refractivity contribution in [2.45, 2.75) is 43.3 Å². The van der Waals surface area contributed by atoms with Gasteiger partial charge in [-0.2, -0.15) is 0 Å². The smallest absolute Gasteiger partial charge is 0.254 e. The number of benzene rings is 2. The van der Waals surface area contributed by atoms with Crippen LogP contribution in [0.2, 0.25) is 0 Å². The number of carbonyl (C=O) groups excluding carboxylic acids is 1. The topological polar surface area (TPSA) is 77.0 Å². The Hall–Kier alpha value is -3.95. The molecule has 0 unspecified atom stereocenters. The lowest BCUT2D eigenvalue weighted by molar-refractivity contribution is 0.0734. The van der Waals surface area contributed by atoms with Crippen LogP contribution in [-0.2, 0) is 5.54 Å². The van der Waals surface area contributed by atoms with E-state index in [-0.39, 0.29) is 11.6 Å². The Bertz CT molecular complexity index is 1680. The number of imidazole rings is 1. The fourth-order valence-electron chi connectivity index (χ4n) is 5.92. The van der Waals surface area contributed by atoms with E-state index in [2.05, 4.69) is 21.5 Å². The predicted molar refractivity (Wildman–Crippen MR) is 135 cm³/mol. The number of amides is 1. The Labute approximate surface area is 208 Å². The number of rotatable bonds is 2. The van der Waals surface area contributed by atoms with Gasteiger partial charge in [-0.25, -0.2) is 4.98 Å². The number of terminal acetylenes is 1. The second kappa shape index (κ2) is 7.03. The van der Waals surface area contributed by atoms with E-state index < -0.39 is 18.9 Å². The van der Waals surface area contributed by atoms with E-state index in [1.807, 2.05) is 30.5 Å². The molecular weight excluding hydrogens is 434 g/mol. The van der Waals surface area contributed by atoms with Crippen molar-refractivity contribution in [1.29, 1.82) is 0 Å². The number of nitrogens with two attached hydrogens (primary N) is 1. The molecule has 2 aliphatic heterocycles. The maximum Gasteiger partial charge on any atom is 0.254 e. The average Bonchev–Trinajstić information content (AvgIpc) is 3.39. The molecule has 0 spiro atoms. The van der Waals surface area contributed by atoms with Gasteiger partial charge in [-0.1, -0.05) is 24.1 Å². The molecule has 4 aromatic rings. The molecule has 7 rings (SSSR count). The van der Waals surface area contributed by atoms with Crippen LogP contribution in [0, 0.1) is 12.3 Å². The molecular formula is C29H25N5O. The van der Waals surface area contributed by atoms with Gasteiger partial charge in [-0.3, -0.25) is 9.78 Å². The minimum absolute atomic E-state index is 0.315. The van der Waals surface area contributed by atoms with Crippen molar-refractivity contribution in [1.82, 2.24) is 19.4 Å². The Balaban J connectivity index is 1.41. The first-order valence-corrected chi connectivity index (χ1v) is 11.9. The third-order valence-electron chi connectivity index (χ3n) is 7.98. The number of hydrogen-bond donors (Lipinski definition) is 1. The predicted octanol–water partition coefficient (Wildman–Crippen LogP) is 4.54. The van der Waals surface area contributed by atoms with Gasteiger partial charge < -0.3 is 15.2 Å². The first kappa shape index (κ1) is 17.5. The summed E-state index contributed by atoms with van der Waals surface area (Å²) in [6.45, 7) is -2.63. The lowest BCUT2D eigenvalue weighted by Gasteiger charge is -2.37. The van der Waals surface area contributed by atoms with Crippen molar-refractivity contribution in [2.24, 2.45) is 5.73 Å². The Morgan fingerprint density at radius 2 is 2.03 bits per heavy atom. The number of fused-ring (bicyclic) bond motifs is 9. The van der Waals surface area contributed by atoms with Gasteiger partial charge in [-0.05, 0) is 55.2 Å². The van der Waals surface area contributed by atoms with Gasteiger partial charge in [0.05, 0.1) is 34.3 Å². The van der Waals surface area contributed by atoms with Gasteiger partial charge in [-0.15, -0.1) is 6.42 Å². The van der Waals surface area contributed by atoms with E-state index in [1.54, 1.807) is 18.2 Å². The van der Waals surface area contributed by atoms with Gasteiger partial charge >= 0.3 is 0 Å². The van der Waals surface area contributed by atoms with Crippen molar-refractivity contribution in [2.75, 3.05) is 6.98 Å². The normalized spacial score (nSPS) is 23.4. The lowest BCUT2D eigenvalue weighted by atomic mass is 9.75. The van der Waals surface area contributed by atoms with Crippen LogP contribution < -0.4 is 5.73 Å². The zero-order chi connectivity index (χ0) is 26.4. The first-order chi connectivity index (χ1) is 18.2. The maximum absolute atomic E-state index is 13.6. The maximum atomic E-state index is 13.6. The second-order valence-electron chi connectivity index (χ2n) is 9.84. The van der Waals surface area contributed by atoms with Gasteiger partial charge in [0.15, 0.2) is 0 Å². The van der Waals surface area contributed by atoms with Gasteiger partial charge in [0, 0.05) is 46.0 Å². The quantitative estimate of drug-likeness (QED) is 0.444. The highest BCUT2D eigenvalue weighted by Gasteiger charge is 2.44. The Morgan fingerprint density at radius 1 is 1.17 bits per heavy atom. The molecule has 1 aliphatic carbocycles. The fourth-order valence-corrected chi connectivity index (χ4v) is 5.92. The van der Waals surface area contributed by atoms with Crippen LogP contribution in [0.15, 0.2) is 54.7 Å². The molecule has 2 atom stereocenters. The molecule has 2 aromatic heterocycles. The molecule has 0 saturated heterocycles. The molecule has 4 heterocycles. The highest BCUT2D eigenvalue weighted by molar-refractivity contribution is 5.98. The SMILES string of the molecule is [2H]C([2H])([2H])N1C(=O)c2cccc(C#C)c2[C@H]2C[C@@H]1c1nc3ccc(-c4ccc(C5(N)CCC5)nc4)cc3n12. The molecule has 35 heavy (non-hydrogen) atoms. The summed E-state index contributed by atoms with van der Waals surface area (Å²) in [6, 6.07) is 14.2. The zero-order valence-electron chi connectivity index (χ0n) is 22.0. The minimum Gasteiger partial charge on any atom is -0.331 e. The monoisotopic (exact) mass is 462 g/mol. The van der Waals surface area contributed by atoms with Gasteiger partial charge in [0.1, 0.15) is 5.82 Å². The van der Waals surface area contributed by atoms with E-state index in [4.69, 9.17) is 21.3 Å². The highest BCUT2D eigenvalue weighted by Crippen LogP contribution is 2.48. The van der Waals surface area contributed by atoms with Crippen molar-refractivity contribution < 1.29 is 8.91 Å². The zero-order valence-corrected chi connectivity index (χ0v) is 19.0. The first-order valence-electron chi connectivity index (χ1n) is 13.4. The van der Waals surface area contributed by atoms with E-state index >= 15 is 0 Å². The molecule has 2 aromatic carbocycles. The summed E-state index contributed by atoms with van der Waals surface area (Å²) in [6.07, 6.45) is 11.1. The Kier molecular flexibility index (Phi) is 3.51. The number of hydrogen-bond acceptors (Lipinski definition) is 4.